The van der Waals surface area contributed by atoms with E-state index in [-0.39, 0.29) is 0 Å². The molecule has 2 rings (SSSR count). The van der Waals surface area contributed by atoms with Crippen LogP contribution in [0.2, 0.25) is 5.02 Å². The fraction of sp³-hybridized carbons (Fsp3) is 0.231. The molecule has 0 fully saturated rings. The molecule has 0 unspecified atom stereocenters. The van der Waals surface area contributed by atoms with Crippen molar-refractivity contribution in [1.82, 2.24) is 9.55 Å². The summed E-state index contributed by atoms with van der Waals surface area (Å²) in [6, 6.07) is 5.95. The third kappa shape index (κ3) is 2.27. The molecule has 0 amide bonds. The zero-order chi connectivity index (χ0) is 11.5. The molecular weight excluding hydrogens is 220 g/mol. The van der Waals surface area contributed by atoms with Crippen LogP contribution < -0.4 is 0 Å². The fourth-order valence-electron chi connectivity index (χ4n) is 1.60. The molecular formula is C13H14ClN2. The topological polar surface area (TPSA) is 17.8 Å². The number of aromatic nitrogens is 2. The van der Waals surface area contributed by atoms with E-state index in [4.69, 9.17) is 11.6 Å². The van der Waals surface area contributed by atoms with Gasteiger partial charge in [0.1, 0.15) is 0 Å². The van der Waals surface area contributed by atoms with E-state index in [0.717, 1.165) is 34.8 Å². The van der Waals surface area contributed by atoms with Gasteiger partial charge in [-0.2, -0.15) is 0 Å². The van der Waals surface area contributed by atoms with Crippen LogP contribution in [0.15, 0.2) is 30.7 Å². The fourth-order valence-corrected chi connectivity index (χ4v) is 1.72. The first-order valence-electron chi connectivity index (χ1n) is 5.29. The summed E-state index contributed by atoms with van der Waals surface area (Å²) in [4.78, 5) is 4.32. The second kappa shape index (κ2) is 4.71. The van der Waals surface area contributed by atoms with Crippen molar-refractivity contribution in [3.63, 3.8) is 0 Å². The molecule has 0 saturated heterocycles. The highest BCUT2D eigenvalue weighted by molar-refractivity contribution is 6.31. The van der Waals surface area contributed by atoms with Gasteiger partial charge in [-0.15, -0.1) is 0 Å². The summed E-state index contributed by atoms with van der Waals surface area (Å²) in [5, 5.41) is 0.793. The molecule has 0 atom stereocenters. The third-order valence-corrected chi connectivity index (χ3v) is 2.93. The standard InChI is InChI=1S/C13H14ClN2/c1-3-4-11-8-16(9-15-11)12-5-6-13(14)10(2)7-12/h5-9H,1,3-4H2,2H3. The van der Waals surface area contributed by atoms with Gasteiger partial charge in [0.2, 0.25) is 0 Å². The minimum absolute atomic E-state index is 0.793. The van der Waals surface area contributed by atoms with Crippen LogP contribution in [0.1, 0.15) is 17.7 Å². The summed E-state index contributed by atoms with van der Waals surface area (Å²) in [7, 11) is 0. The number of imidazole rings is 1. The van der Waals surface area contributed by atoms with Gasteiger partial charge in [-0.1, -0.05) is 18.5 Å². The van der Waals surface area contributed by atoms with Gasteiger partial charge in [-0.25, -0.2) is 4.98 Å². The molecule has 0 saturated carbocycles. The number of benzene rings is 1. The molecule has 2 nitrogen and oxygen atoms in total. The van der Waals surface area contributed by atoms with Crippen LogP contribution in [0.5, 0.6) is 0 Å². The Morgan fingerprint density at radius 3 is 2.94 bits per heavy atom. The van der Waals surface area contributed by atoms with Crippen molar-refractivity contribution in [3.8, 4) is 5.69 Å². The summed E-state index contributed by atoms with van der Waals surface area (Å²) >= 11 is 5.99. The Labute approximate surface area is 101 Å². The Bertz CT molecular complexity index is 488. The SMILES string of the molecule is [CH2]CCc1cn(-c2ccc(Cl)c(C)c2)cn1. The molecule has 0 aliphatic carbocycles. The van der Waals surface area contributed by atoms with Crippen LogP contribution in [0.3, 0.4) is 0 Å². The van der Waals surface area contributed by atoms with E-state index in [1.54, 1.807) is 0 Å². The minimum Gasteiger partial charge on any atom is -0.306 e. The van der Waals surface area contributed by atoms with Gasteiger partial charge < -0.3 is 4.57 Å². The maximum atomic E-state index is 5.99. The van der Waals surface area contributed by atoms with Gasteiger partial charge in [0.15, 0.2) is 0 Å². The van der Waals surface area contributed by atoms with Crippen LogP contribution in [0, 0.1) is 13.8 Å². The van der Waals surface area contributed by atoms with Gasteiger partial charge >= 0.3 is 0 Å². The maximum Gasteiger partial charge on any atom is 0.0995 e. The summed E-state index contributed by atoms with van der Waals surface area (Å²) in [5.74, 6) is 0. The van der Waals surface area contributed by atoms with Gasteiger partial charge in [0.05, 0.1) is 12.0 Å². The largest absolute Gasteiger partial charge is 0.306 e. The van der Waals surface area contributed by atoms with Crippen molar-refractivity contribution in [3.05, 3.63) is 53.9 Å². The average molecular weight is 234 g/mol. The first-order chi connectivity index (χ1) is 7.70. The monoisotopic (exact) mass is 233 g/mol. The van der Waals surface area contributed by atoms with Crippen LogP contribution in [0.25, 0.3) is 5.69 Å². The molecule has 2 aromatic rings. The number of nitrogens with zero attached hydrogens (tertiary/aromatic N) is 2. The molecule has 83 valence electrons. The van der Waals surface area contributed by atoms with Crippen molar-refractivity contribution in [2.24, 2.45) is 0 Å². The molecule has 0 N–H and O–H groups in total. The summed E-state index contributed by atoms with van der Waals surface area (Å²) < 4.78 is 2.01. The van der Waals surface area contributed by atoms with Gasteiger partial charge in [0, 0.05) is 16.9 Å². The van der Waals surface area contributed by atoms with Crippen molar-refractivity contribution in [2.75, 3.05) is 0 Å². The Kier molecular flexibility index (Phi) is 3.30. The van der Waals surface area contributed by atoms with E-state index < -0.39 is 0 Å². The molecule has 0 spiro atoms. The summed E-state index contributed by atoms with van der Waals surface area (Å²) in [6.07, 6.45) is 5.65. The van der Waals surface area contributed by atoms with E-state index >= 15 is 0 Å². The molecule has 1 aromatic carbocycles. The highest BCUT2D eigenvalue weighted by Crippen LogP contribution is 2.19. The zero-order valence-corrected chi connectivity index (χ0v) is 10.0. The van der Waals surface area contributed by atoms with E-state index in [1.807, 2.05) is 36.1 Å². The average Bonchev–Trinajstić information content (AvgIpc) is 2.71. The predicted octanol–water partition coefficient (Wildman–Crippen LogP) is 3.60. The van der Waals surface area contributed by atoms with E-state index in [0.29, 0.717) is 0 Å². The van der Waals surface area contributed by atoms with Gasteiger partial charge in [-0.05, 0) is 43.5 Å². The number of hydrogen-bond donors (Lipinski definition) is 0. The number of halogens is 1. The third-order valence-electron chi connectivity index (χ3n) is 2.51. The zero-order valence-electron chi connectivity index (χ0n) is 9.28. The number of rotatable bonds is 3. The smallest absolute Gasteiger partial charge is 0.0995 e. The Morgan fingerprint density at radius 2 is 2.25 bits per heavy atom. The number of aryl methyl sites for hydroxylation is 2. The first-order valence-corrected chi connectivity index (χ1v) is 5.67. The van der Waals surface area contributed by atoms with Crippen molar-refractivity contribution >= 4 is 11.6 Å². The van der Waals surface area contributed by atoms with Crippen LogP contribution in [0.4, 0.5) is 0 Å². The lowest BCUT2D eigenvalue weighted by molar-refractivity contribution is 0.955. The van der Waals surface area contributed by atoms with Crippen LogP contribution >= 0.6 is 11.6 Å². The van der Waals surface area contributed by atoms with Crippen molar-refractivity contribution in [2.45, 2.75) is 19.8 Å². The Balaban J connectivity index is 2.31. The molecule has 1 radical (unpaired) electrons. The lowest BCUT2D eigenvalue weighted by Gasteiger charge is -2.04. The quantitative estimate of drug-likeness (QED) is 0.792. The highest BCUT2D eigenvalue weighted by atomic mass is 35.5. The molecule has 16 heavy (non-hydrogen) atoms. The van der Waals surface area contributed by atoms with Gasteiger partial charge in [0.25, 0.3) is 0 Å². The van der Waals surface area contributed by atoms with E-state index in [2.05, 4.69) is 18.0 Å². The molecule has 0 bridgehead atoms. The van der Waals surface area contributed by atoms with Crippen LogP contribution in [-0.2, 0) is 6.42 Å². The predicted molar refractivity (Wildman–Crippen MR) is 67.0 cm³/mol. The summed E-state index contributed by atoms with van der Waals surface area (Å²) in [6.45, 7) is 5.82. The second-order valence-electron chi connectivity index (χ2n) is 3.81. The Hall–Kier alpha value is -1.28. The molecule has 1 heterocycles. The molecule has 0 aliphatic heterocycles. The normalized spacial score (nSPS) is 10.7. The summed E-state index contributed by atoms with van der Waals surface area (Å²) in [5.41, 5.74) is 3.24. The maximum absolute atomic E-state index is 5.99. The number of hydrogen-bond acceptors (Lipinski definition) is 1. The molecule has 0 aliphatic rings. The van der Waals surface area contributed by atoms with Crippen molar-refractivity contribution < 1.29 is 0 Å². The second-order valence-corrected chi connectivity index (χ2v) is 4.22. The lowest BCUT2D eigenvalue weighted by atomic mass is 10.2. The lowest BCUT2D eigenvalue weighted by Crippen LogP contribution is -1.90. The van der Waals surface area contributed by atoms with E-state index in [9.17, 15) is 0 Å². The first kappa shape index (κ1) is 11.2. The van der Waals surface area contributed by atoms with Gasteiger partial charge in [-0.3, -0.25) is 0 Å². The molecule has 3 heteroatoms. The molecule has 1 aromatic heterocycles. The van der Waals surface area contributed by atoms with E-state index in [1.165, 1.54) is 0 Å². The highest BCUT2D eigenvalue weighted by Gasteiger charge is 2.02. The Morgan fingerprint density at radius 1 is 1.44 bits per heavy atom. The van der Waals surface area contributed by atoms with Crippen LogP contribution in [-0.4, -0.2) is 9.55 Å². The van der Waals surface area contributed by atoms with Crippen molar-refractivity contribution in [1.29, 1.82) is 0 Å². The minimum atomic E-state index is 0.793.